The van der Waals surface area contributed by atoms with Gasteiger partial charge in [0.2, 0.25) is 5.91 Å². The van der Waals surface area contributed by atoms with Crippen molar-refractivity contribution in [2.45, 2.75) is 38.1 Å². The van der Waals surface area contributed by atoms with Gasteiger partial charge in [0.1, 0.15) is 5.54 Å². The molecule has 2 N–H and O–H groups in total. The van der Waals surface area contributed by atoms with Gasteiger partial charge in [-0.25, -0.2) is 0 Å². The number of benzene rings is 1. The second-order valence-electron chi connectivity index (χ2n) is 6.94. The van der Waals surface area contributed by atoms with E-state index in [1.54, 1.807) is 0 Å². The number of carbonyl (C=O) groups excluding carboxylic acids is 1. The Balaban J connectivity index is 1.78. The van der Waals surface area contributed by atoms with Crippen LogP contribution in [0.3, 0.4) is 0 Å². The number of likely N-dealkylation sites (tertiary alicyclic amines) is 1. The number of hydrogen-bond donors (Lipinski definition) is 2. The highest BCUT2D eigenvalue weighted by Gasteiger charge is 2.42. The van der Waals surface area contributed by atoms with Crippen molar-refractivity contribution in [2.24, 2.45) is 5.92 Å². The molecule has 126 valence electrons. The molecule has 0 bridgehead atoms. The first-order chi connectivity index (χ1) is 11.1. The molecular formula is C18H26ClN3O. The van der Waals surface area contributed by atoms with Crippen LogP contribution in [0.25, 0.3) is 0 Å². The monoisotopic (exact) mass is 335 g/mol. The van der Waals surface area contributed by atoms with Crippen LogP contribution < -0.4 is 10.6 Å². The van der Waals surface area contributed by atoms with E-state index in [2.05, 4.69) is 22.5 Å². The average molecular weight is 336 g/mol. The van der Waals surface area contributed by atoms with Crippen molar-refractivity contribution in [1.29, 1.82) is 0 Å². The fraction of sp³-hybridized carbons (Fsp3) is 0.611. The molecule has 2 aliphatic rings. The van der Waals surface area contributed by atoms with Gasteiger partial charge in [0.05, 0.1) is 0 Å². The van der Waals surface area contributed by atoms with Crippen LogP contribution in [0.4, 0.5) is 5.69 Å². The van der Waals surface area contributed by atoms with Crippen LogP contribution in [-0.2, 0) is 4.79 Å². The highest BCUT2D eigenvalue weighted by Crippen LogP contribution is 2.29. The number of carbonyl (C=O) groups is 1. The Hall–Kier alpha value is -1.26. The number of rotatable bonds is 3. The van der Waals surface area contributed by atoms with Crippen molar-refractivity contribution in [2.75, 3.05) is 31.5 Å². The molecule has 0 saturated carbocycles. The van der Waals surface area contributed by atoms with Crippen LogP contribution in [0.15, 0.2) is 24.3 Å². The maximum absolute atomic E-state index is 13.3. The predicted molar refractivity (Wildman–Crippen MR) is 94.9 cm³/mol. The van der Waals surface area contributed by atoms with E-state index in [9.17, 15) is 4.79 Å². The van der Waals surface area contributed by atoms with E-state index in [1.165, 1.54) is 0 Å². The van der Waals surface area contributed by atoms with Crippen molar-refractivity contribution in [3.05, 3.63) is 29.3 Å². The minimum absolute atomic E-state index is 0.265. The molecule has 0 atom stereocenters. The van der Waals surface area contributed by atoms with Crippen molar-refractivity contribution in [3.63, 3.8) is 0 Å². The van der Waals surface area contributed by atoms with Gasteiger partial charge in [-0.05, 0) is 69.0 Å². The second kappa shape index (κ2) is 7.10. The summed E-state index contributed by atoms with van der Waals surface area (Å²) in [5.41, 5.74) is 0.481. The van der Waals surface area contributed by atoms with E-state index in [1.807, 2.05) is 24.3 Å². The fourth-order valence-electron chi connectivity index (χ4n) is 3.57. The highest BCUT2D eigenvalue weighted by atomic mass is 35.5. The van der Waals surface area contributed by atoms with E-state index in [0.717, 1.165) is 63.5 Å². The Kier molecular flexibility index (Phi) is 5.12. The maximum atomic E-state index is 13.3. The van der Waals surface area contributed by atoms with Crippen LogP contribution in [0, 0.1) is 5.92 Å². The van der Waals surface area contributed by atoms with Crippen LogP contribution in [-0.4, -0.2) is 42.5 Å². The van der Waals surface area contributed by atoms with E-state index in [-0.39, 0.29) is 5.91 Å². The Morgan fingerprint density at radius 3 is 2.43 bits per heavy atom. The van der Waals surface area contributed by atoms with Crippen molar-refractivity contribution in [3.8, 4) is 0 Å². The maximum Gasteiger partial charge on any atom is 0.248 e. The zero-order valence-corrected chi connectivity index (χ0v) is 14.5. The number of halogens is 1. The lowest BCUT2D eigenvalue weighted by Gasteiger charge is -2.43. The molecule has 0 unspecified atom stereocenters. The van der Waals surface area contributed by atoms with Gasteiger partial charge in [-0.3, -0.25) is 4.79 Å². The lowest BCUT2D eigenvalue weighted by molar-refractivity contribution is -0.138. The summed E-state index contributed by atoms with van der Waals surface area (Å²) in [4.78, 5) is 15.3. The molecule has 1 amide bonds. The molecule has 2 aliphatic heterocycles. The second-order valence-corrected chi connectivity index (χ2v) is 7.38. The highest BCUT2D eigenvalue weighted by molar-refractivity contribution is 6.30. The van der Waals surface area contributed by atoms with Crippen molar-refractivity contribution >= 4 is 23.2 Å². The van der Waals surface area contributed by atoms with Gasteiger partial charge in [0, 0.05) is 23.8 Å². The van der Waals surface area contributed by atoms with Gasteiger partial charge in [-0.2, -0.15) is 0 Å². The molecule has 1 aromatic rings. The Morgan fingerprint density at radius 1 is 1.22 bits per heavy atom. The van der Waals surface area contributed by atoms with Gasteiger partial charge in [-0.15, -0.1) is 0 Å². The van der Waals surface area contributed by atoms with E-state index >= 15 is 0 Å². The number of hydrogen-bond acceptors (Lipinski definition) is 3. The predicted octanol–water partition coefficient (Wildman–Crippen LogP) is 3.13. The summed E-state index contributed by atoms with van der Waals surface area (Å²) < 4.78 is 0. The standard InChI is InChI=1S/C18H26ClN3O/c1-14-6-12-22(13-7-14)17(23)18(8-10-20-11-9-18)21-16-4-2-15(19)3-5-16/h2-5,14,20-21H,6-13H2,1H3. The molecule has 2 heterocycles. The smallest absolute Gasteiger partial charge is 0.248 e. The first-order valence-corrected chi connectivity index (χ1v) is 9.01. The van der Waals surface area contributed by atoms with Crippen LogP contribution in [0.2, 0.25) is 5.02 Å². The number of piperidine rings is 2. The minimum Gasteiger partial charge on any atom is -0.371 e. The molecule has 0 aromatic heterocycles. The molecule has 1 aromatic carbocycles. The third-order valence-electron chi connectivity index (χ3n) is 5.17. The lowest BCUT2D eigenvalue weighted by Crippen LogP contribution is -2.59. The van der Waals surface area contributed by atoms with E-state index < -0.39 is 5.54 Å². The number of amides is 1. The van der Waals surface area contributed by atoms with Crippen molar-refractivity contribution in [1.82, 2.24) is 10.2 Å². The molecule has 23 heavy (non-hydrogen) atoms. The Morgan fingerprint density at radius 2 is 1.83 bits per heavy atom. The minimum atomic E-state index is -0.486. The lowest BCUT2D eigenvalue weighted by atomic mass is 9.85. The molecule has 0 radical (unpaired) electrons. The molecular weight excluding hydrogens is 310 g/mol. The fourth-order valence-corrected chi connectivity index (χ4v) is 3.70. The van der Waals surface area contributed by atoms with Gasteiger partial charge >= 0.3 is 0 Å². The van der Waals surface area contributed by atoms with Crippen LogP contribution >= 0.6 is 11.6 Å². The van der Waals surface area contributed by atoms with E-state index in [4.69, 9.17) is 11.6 Å². The molecule has 0 spiro atoms. The summed E-state index contributed by atoms with van der Waals surface area (Å²) in [6, 6.07) is 7.65. The summed E-state index contributed by atoms with van der Waals surface area (Å²) >= 11 is 5.97. The zero-order valence-electron chi connectivity index (χ0n) is 13.8. The average Bonchev–Trinajstić information content (AvgIpc) is 2.58. The third kappa shape index (κ3) is 3.81. The summed E-state index contributed by atoms with van der Waals surface area (Å²) in [6.07, 6.45) is 3.86. The van der Waals surface area contributed by atoms with E-state index in [0.29, 0.717) is 5.02 Å². The quantitative estimate of drug-likeness (QED) is 0.892. The molecule has 5 heteroatoms. The Bertz CT molecular complexity index is 532. The van der Waals surface area contributed by atoms with Crippen LogP contribution in [0.1, 0.15) is 32.6 Å². The van der Waals surface area contributed by atoms with Gasteiger partial charge in [0.15, 0.2) is 0 Å². The molecule has 3 rings (SSSR count). The SMILES string of the molecule is CC1CCN(C(=O)C2(Nc3ccc(Cl)cc3)CCNCC2)CC1. The summed E-state index contributed by atoms with van der Waals surface area (Å²) in [5.74, 6) is 0.994. The number of anilines is 1. The third-order valence-corrected chi connectivity index (χ3v) is 5.42. The van der Waals surface area contributed by atoms with Crippen molar-refractivity contribution < 1.29 is 4.79 Å². The zero-order chi connectivity index (χ0) is 16.3. The topological polar surface area (TPSA) is 44.4 Å². The van der Waals surface area contributed by atoms with Crippen LogP contribution in [0.5, 0.6) is 0 Å². The molecule has 0 aliphatic carbocycles. The Labute approximate surface area is 143 Å². The molecule has 4 nitrogen and oxygen atoms in total. The summed E-state index contributed by atoms with van der Waals surface area (Å²) in [5, 5.41) is 7.62. The summed E-state index contributed by atoms with van der Waals surface area (Å²) in [7, 11) is 0. The van der Waals surface area contributed by atoms with Gasteiger partial charge in [0.25, 0.3) is 0 Å². The first-order valence-electron chi connectivity index (χ1n) is 8.63. The van der Waals surface area contributed by atoms with Gasteiger partial charge < -0.3 is 15.5 Å². The number of nitrogens with zero attached hydrogens (tertiary/aromatic N) is 1. The number of nitrogens with one attached hydrogen (secondary N) is 2. The largest absolute Gasteiger partial charge is 0.371 e. The molecule has 2 fully saturated rings. The van der Waals surface area contributed by atoms with Gasteiger partial charge in [-0.1, -0.05) is 18.5 Å². The molecule has 2 saturated heterocycles. The normalized spacial score (nSPS) is 21.9. The first kappa shape index (κ1) is 16.6. The summed E-state index contributed by atoms with van der Waals surface area (Å²) in [6.45, 7) is 5.79.